The van der Waals surface area contributed by atoms with Crippen molar-refractivity contribution in [1.29, 1.82) is 0 Å². The third-order valence-electron chi connectivity index (χ3n) is 2.98. The standard InChI is InChI=1S/C17H28BrNO2/c1-13(2)9-19(10-14(3)4)11-15(20)12-21-17-8-6-5-7-16(17)18/h5-8,13-15,20H,9-12H2,1-4H3/t15-/m1/s1. The molecule has 1 atom stereocenters. The molecule has 1 aromatic carbocycles. The molecule has 0 heterocycles. The van der Waals surface area contributed by atoms with E-state index >= 15 is 0 Å². The smallest absolute Gasteiger partial charge is 0.133 e. The van der Waals surface area contributed by atoms with Crippen molar-refractivity contribution < 1.29 is 9.84 Å². The molecule has 1 N–H and O–H groups in total. The molecule has 0 saturated heterocycles. The van der Waals surface area contributed by atoms with E-state index in [2.05, 4.69) is 48.5 Å². The maximum Gasteiger partial charge on any atom is 0.133 e. The highest BCUT2D eigenvalue weighted by Gasteiger charge is 2.15. The topological polar surface area (TPSA) is 32.7 Å². The molecule has 21 heavy (non-hydrogen) atoms. The van der Waals surface area contributed by atoms with Crippen LogP contribution in [-0.4, -0.2) is 42.4 Å². The van der Waals surface area contributed by atoms with E-state index in [1.807, 2.05) is 24.3 Å². The van der Waals surface area contributed by atoms with E-state index in [0.717, 1.165) is 23.3 Å². The molecule has 0 aliphatic rings. The van der Waals surface area contributed by atoms with Crippen LogP contribution in [0.2, 0.25) is 0 Å². The lowest BCUT2D eigenvalue weighted by Crippen LogP contribution is -2.39. The van der Waals surface area contributed by atoms with Gasteiger partial charge in [-0.3, -0.25) is 0 Å². The van der Waals surface area contributed by atoms with Crippen LogP contribution in [0.3, 0.4) is 0 Å². The summed E-state index contributed by atoms with van der Waals surface area (Å²) < 4.78 is 6.60. The van der Waals surface area contributed by atoms with Crippen molar-refractivity contribution in [2.45, 2.75) is 33.8 Å². The molecule has 0 aromatic heterocycles. The van der Waals surface area contributed by atoms with Crippen molar-refractivity contribution in [1.82, 2.24) is 4.90 Å². The first kappa shape index (κ1) is 18.5. The number of aliphatic hydroxyl groups excluding tert-OH is 1. The highest BCUT2D eigenvalue weighted by molar-refractivity contribution is 9.10. The minimum absolute atomic E-state index is 0.315. The monoisotopic (exact) mass is 357 g/mol. The van der Waals surface area contributed by atoms with Crippen molar-refractivity contribution in [2.24, 2.45) is 11.8 Å². The zero-order chi connectivity index (χ0) is 15.8. The van der Waals surface area contributed by atoms with E-state index in [1.165, 1.54) is 0 Å². The van der Waals surface area contributed by atoms with Crippen molar-refractivity contribution in [3.8, 4) is 5.75 Å². The Bertz CT molecular complexity index is 400. The first-order valence-corrected chi connectivity index (χ1v) is 8.45. The van der Waals surface area contributed by atoms with Gasteiger partial charge >= 0.3 is 0 Å². The molecular formula is C17H28BrNO2. The first-order valence-electron chi connectivity index (χ1n) is 7.66. The molecule has 0 bridgehead atoms. The Kier molecular flexibility index (Phi) is 8.30. The Morgan fingerprint density at radius 2 is 1.62 bits per heavy atom. The number of rotatable bonds is 9. The van der Waals surface area contributed by atoms with Crippen LogP contribution in [0.1, 0.15) is 27.7 Å². The SMILES string of the molecule is CC(C)CN(CC(C)C)C[C@@H](O)COc1ccccc1Br. The van der Waals surface area contributed by atoms with Gasteiger partial charge in [-0.15, -0.1) is 0 Å². The van der Waals surface area contributed by atoms with Crippen LogP contribution >= 0.6 is 15.9 Å². The van der Waals surface area contributed by atoms with Gasteiger partial charge in [-0.25, -0.2) is 0 Å². The van der Waals surface area contributed by atoms with Crippen molar-refractivity contribution in [2.75, 3.05) is 26.2 Å². The molecule has 1 rings (SSSR count). The predicted octanol–water partition coefficient (Wildman–Crippen LogP) is 3.80. The van der Waals surface area contributed by atoms with E-state index in [0.29, 0.717) is 25.0 Å². The first-order chi connectivity index (χ1) is 9.88. The van der Waals surface area contributed by atoms with E-state index in [1.54, 1.807) is 0 Å². The van der Waals surface area contributed by atoms with Gasteiger partial charge in [-0.2, -0.15) is 0 Å². The average Bonchev–Trinajstić information content (AvgIpc) is 2.36. The molecule has 0 aliphatic heterocycles. The minimum atomic E-state index is -0.477. The van der Waals surface area contributed by atoms with Crippen molar-refractivity contribution in [3.05, 3.63) is 28.7 Å². The van der Waals surface area contributed by atoms with Gasteiger partial charge in [0.2, 0.25) is 0 Å². The summed E-state index contributed by atoms with van der Waals surface area (Å²) in [5, 5.41) is 10.2. The fraction of sp³-hybridized carbons (Fsp3) is 0.647. The van der Waals surface area contributed by atoms with Crippen molar-refractivity contribution >= 4 is 15.9 Å². The molecule has 0 radical (unpaired) electrons. The zero-order valence-electron chi connectivity index (χ0n) is 13.6. The van der Waals surface area contributed by atoms with E-state index in [9.17, 15) is 5.11 Å². The Morgan fingerprint density at radius 3 is 2.14 bits per heavy atom. The molecule has 0 saturated carbocycles. The quantitative estimate of drug-likeness (QED) is 0.729. The number of para-hydroxylation sites is 1. The average molecular weight is 358 g/mol. The summed E-state index contributed by atoms with van der Waals surface area (Å²) in [6, 6.07) is 7.71. The van der Waals surface area contributed by atoms with Gasteiger partial charge in [-0.05, 0) is 39.9 Å². The van der Waals surface area contributed by atoms with Gasteiger partial charge in [0.1, 0.15) is 18.5 Å². The summed E-state index contributed by atoms with van der Waals surface area (Å²) in [6.45, 7) is 11.8. The Balaban J connectivity index is 2.46. The molecule has 0 amide bonds. The normalized spacial score (nSPS) is 13.2. The van der Waals surface area contributed by atoms with E-state index in [-0.39, 0.29) is 0 Å². The summed E-state index contributed by atoms with van der Waals surface area (Å²) in [7, 11) is 0. The molecule has 0 unspecified atom stereocenters. The number of benzene rings is 1. The molecule has 1 aromatic rings. The minimum Gasteiger partial charge on any atom is -0.490 e. The molecule has 0 fully saturated rings. The van der Waals surface area contributed by atoms with Gasteiger partial charge in [-0.1, -0.05) is 39.8 Å². The van der Waals surface area contributed by atoms with Crippen LogP contribution in [-0.2, 0) is 0 Å². The fourth-order valence-corrected chi connectivity index (χ4v) is 2.75. The molecule has 3 nitrogen and oxygen atoms in total. The lowest BCUT2D eigenvalue weighted by atomic mass is 10.1. The second-order valence-electron chi connectivity index (χ2n) is 6.40. The maximum atomic E-state index is 10.2. The zero-order valence-corrected chi connectivity index (χ0v) is 15.1. The van der Waals surface area contributed by atoms with Crippen molar-refractivity contribution in [3.63, 3.8) is 0 Å². The summed E-state index contributed by atoms with van der Waals surface area (Å²) in [4.78, 5) is 2.32. The largest absolute Gasteiger partial charge is 0.490 e. The second kappa shape index (κ2) is 9.44. The summed E-state index contributed by atoms with van der Waals surface area (Å²) in [6.07, 6.45) is -0.477. The lowest BCUT2D eigenvalue weighted by Gasteiger charge is -2.28. The number of nitrogens with zero attached hydrogens (tertiary/aromatic N) is 1. The Morgan fingerprint density at radius 1 is 1.05 bits per heavy atom. The highest BCUT2D eigenvalue weighted by atomic mass is 79.9. The summed E-state index contributed by atoms with van der Waals surface area (Å²) in [5.41, 5.74) is 0. The van der Waals surface area contributed by atoms with Gasteiger partial charge in [0.15, 0.2) is 0 Å². The van der Waals surface area contributed by atoms with Crippen LogP contribution in [0, 0.1) is 11.8 Å². The van der Waals surface area contributed by atoms with Gasteiger partial charge in [0.05, 0.1) is 4.47 Å². The molecule has 0 aliphatic carbocycles. The number of ether oxygens (including phenoxy) is 1. The fourth-order valence-electron chi connectivity index (χ4n) is 2.35. The third kappa shape index (κ3) is 7.84. The predicted molar refractivity (Wildman–Crippen MR) is 91.8 cm³/mol. The van der Waals surface area contributed by atoms with Gasteiger partial charge in [0.25, 0.3) is 0 Å². The molecule has 4 heteroatoms. The second-order valence-corrected chi connectivity index (χ2v) is 7.26. The van der Waals surface area contributed by atoms with Crippen LogP contribution in [0.4, 0.5) is 0 Å². The van der Waals surface area contributed by atoms with Crippen LogP contribution in [0.25, 0.3) is 0 Å². The summed E-state index contributed by atoms with van der Waals surface area (Å²) >= 11 is 3.45. The van der Waals surface area contributed by atoms with E-state index < -0.39 is 6.10 Å². The third-order valence-corrected chi connectivity index (χ3v) is 3.64. The number of hydrogen-bond donors (Lipinski definition) is 1. The van der Waals surface area contributed by atoms with Crippen LogP contribution in [0.5, 0.6) is 5.75 Å². The lowest BCUT2D eigenvalue weighted by molar-refractivity contribution is 0.0599. The molecular weight excluding hydrogens is 330 g/mol. The molecule has 120 valence electrons. The van der Waals surface area contributed by atoms with Crippen LogP contribution < -0.4 is 4.74 Å². The van der Waals surface area contributed by atoms with Gasteiger partial charge in [0, 0.05) is 19.6 Å². The van der Waals surface area contributed by atoms with E-state index in [4.69, 9.17) is 4.74 Å². The van der Waals surface area contributed by atoms with Crippen LogP contribution in [0.15, 0.2) is 28.7 Å². The Hall–Kier alpha value is -0.580. The van der Waals surface area contributed by atoms with Gasteiger partial charge < -0.3 is 14.7 Å². The number of halogens is 1. The highest BCUT2D eigenvalue weighted by Crippen LogP contribution is 2.23. The number of aliphatic hydroxyl groups is 1. The molecule has 0 spiro atoms. The summed E-state index contributed by atoms with van der Waals surface area (Å²) in [5.74, 6) is 1.97. The Labute approximate surface area is 137 Å². The number of hydrogen-bond acceptors (Lipinski definition) is 3. The maximum absolute atomic E-state index is 10.2.